The van der Waals surface area contributed by atoms with Gasteiger partial charge in [-0.1, -0.05) is 30.3 Å². The van der Waals surface area contributed by atoms with Gasteiger partial charge in [-0.25, -0.2) is 21.6 Å². The van der Waals surface area contributed by atoms with Crippen molar-refractivity contribution in [3.05, 3.63) is 66.7 Å². The number of anilines is 1. The highest BCUT2D eigenvalue weighted by Gasteiger charge is 2.52. The van der Waals surface area contributed by atoms with Crippen LogP contribution in [0, 0.1) is 17.8 Å². The summed E-state index contributed by atoms with van der Waals surface area (Å²) >= 11 is 0. The summed E-state index contributed by atoms with van der Waals surface area (Å²) in [5.74, 6) is 1.92. The van der Waals surface area contributed by atoms with Crippen LogP contribution < -0.4 is 9.44 Å². The molecule has 4 bridgehead atoms. The van der Waals surface area contributed by atoms with Crippen molar-refractivity contribution in [3.63, 3.8) is 0 Å². The largest absolute Gasteiger partial charge is 0.280 e. The quantitative estimate of drug-likeness (QED) is 0.508. The number of rotatable bonds is 6. The maximum absolute atomic E-state index is 13.2. The van der Waals surface area contributed by atoms with Crippen LogP contribution in [0.2, 0.25) is 0 Å². The van der Waals surface area contributed by atoms with Crippen LogP contribution in [-0.4, -0.2) is 22.4 Å². The van der Waals surface area contributed by atoms with Gasteiger partial charge >= 0.3 is 0 Å². The Balaban J connectivity index is 1.20. The SMILES string of the molecule is O=S(=O)(Nc1ccc(S(=O)(=O)NC23CC4CC(CC(C4)C2)C3)cc1)c1ccc2ccccc2c1. The first-order valence-corrected chi connectivity index (χ1v) is 14.8. The second-order valence-electron chi connectivity index (χ2n) is 10.4. The third-order valence-electron chi connectivity index (χ3n) is 7.84. The molecule has 3 aromatic carbocycles. The highest BCUT2D eigenvalue weighted by molar-refractivity contribution is 7.92. The van der Waals surface area contributed by atoms with E-state index in [0.29, 0.717) is 23.4 Å². The number of nitrogens with one attached hydrogen (secondary N) is 2. The second kappa shape index (κ2) is 7.80. The number of hydrogen-bond acceptors (Lipinski definition) is 4. The van der Waals surface area contributed by atoms with Crippen molar-refractivity contribution in [1.29, 1.82) is 0 Å². The van der Waals surface area contributed by atoms with Gasteiger partial charge in [0.1, 0.15) is 0 Å². The Bertz CT molecular complexity index is 1430. The van der Waals surface area contributed by atoms with Crippen LogP contribution in [0.4, 0.5) is 5.69 Å². The van der Waals surface area contributed by atoms with Gasteiger partial charge in [-0.3, -0.25) is 4.72 Å². The molecule has 7 rings (SSSR count). The average Bonchev–Trinajstić information content (AvgIpc) is 2.77. The minimum absolute atomic E-state index is 0.159. The van der Waals surface area contributed by atoms with Crippen LogP contribution >= 0.6 is 0 Å². The van der Waals surface area contributed by atoms with Crippen LogP contribution in [0.3, 0.4) is 0 Å². The van der Waals surface area contributed by atoms with Gasteiger partial charge in [0.05, 0.1) is 9.79 Å². The summed E-state index contributed by atoms with van der Waals surface area (Å²) in [6, 6.07) is 18.5. The van der Waals surface area contributed by atoms with E-state index in [2.05, 4.69) is 9.44 Å². The van der Waals surface area contributed by atoms with Gasteiger partial charge in [-0.05, 0) is 103 Å². The van der Waals surface area contributed by atoms with Gasteiger partial charge in [0.25, 0.3) is 10.0 Å². The summed E-state index contributed by atoms with van der Waals surface area (Å²) in [5, 5.41) is 1.80. The Hall–Kier alpha value is -2.42. The molecule has 0 aliphatic heterocycles. The molecule has 0 heterocycles. The van der Waals surface area contributed by atoms with E-state index in [1.54, 1.807) is 18.2 Å². The number of sulfonamides is 2. The zero-order chi connectivity index (χ0) is 23.6. The lowest BCUT2D eigenvalue weighted by molar-refractivity contribution is -0.00810. The van der Waals surface area contributed by atoms with Crippen LogP contribution in [0.5, 0.6) is 0 Å². The molecular formula is C26H28N2O4S2. The molecule has 3 aromatic rings. The smallest absolute Gasteiger partial charge is 0.261 e. The molecule has 0 saturated heterocycles. The van der Waals surface area contributed by atoms with Gasteiger partial charge in [-0.15, -0.1) is 0 Å². The zero-order valence-corrected chi connectivity index (χ0v) is 20.4. The molecule has 0 amide bonds. The molecule has 0 unspecified atom stereocenters. The summed E-state index contributed by atoms with van der Waals surface area (Å²) in [7, 11) is -7.49. The molecule has 4 aliphatic carbocycles. The number of fused-ring (bicyclic) bond motifs is 1. The highest BCUT2D eigenvalue weighted by Crippen LogP contribution is 2.56. The summed E-state index contributed by atoms with van der Waals surface area (Å²) in [4.78, 5) is 0.322. The molecule has 178 valence electrons. The summed E-state index contributed by atoms with van der Waals surface area (Å²) < 4.78 is 57.8. The maximum Gasteiger partial charge on any atom is 0.261 e. The normalized spacial score (nSPS) is 28.3. The van der Waals surface area contributed by atoms with E-state index in [1.807, 2.05) is 24.3 Å². The molecule has 0 aromatic heterocycles. The van der Waals surface area contributed by atoms with Crippen molar-refractivity contribution in [2.45, 2.75) is 53.9 Å². The van der Waals surface area contributed by atoms with E-state index in [0.717, 1.165) is 30.0 Å². The first kappa shape index (κ1) is 22.1. The fraction of sp³-hybridized carbons (Fsp3) is 0.385. The van der Waals surface area contributed by atoms with E-state index in [4.69, 9.17) is 0 Å². The molecule has 4 fully saturated rings. The molecule has 0 atom stereocenters. The van der Waals surface area contributed by atoms with E-state index in [-0.39, 0.29) is 15.3 Å². The van der Waals surface area contributed by atoms with E-state index >= 15 is 0 Å². The molecule has 0 spiro atoms. The van der Waals surface area contributed by atoms with E-state index < -0.39 is 20.0 Å². The van der Waals surface area contributed by atoms with Crippen molar-refractivity contribution in [3.8, 4) is 0 Å². The molecule has 8 heteroatoms. The minimum Gasteiger partial charge on any atom is -0.280 e. The molecular weight excluding hydrogens is 468 g/mol. The predicted octanol–water partition coefficient (Wildman–Crippen LogP) is 4.89. The van der Waals surface area contributed by atoms with Gasteiger partial charge in [0, 0.05) is 11.2 Å². The zero-order valence-electron chi connectivity index (χ0n) is 18.8. The molecule has 0 radical (unpaired) electrons. The fourth-order valence-electron chi connectivity index (χ4n) is 6.83. The lowest BCUT2D eigenvalue weighted by Crippen LogP contribution is -2.59. The van der Waals surface area contributed by atoms with Crippen LogP contribution in [0.1, 0.15) is 38.5 Å². The standard InChI is InChI=1S/C26H28N2O4S2/c29-33(30,25-8-5-21-3-1-2-4-22(21)14-25)27-23-6-9-24(10-7-23)34(31,32)28-26-15-18-11-19(16-26)13-20(12-18)17-26/h1-10,14,18-20,27-28H,11-13,15-17H2. The molecule has 6 nitrogen and oxygen atoms in total. The molecule has 34 heavy (non-hydrogen) atoms. The molecule has 2 N–H and O–H groups in total. The van der Waals surface area contributed by atoms with Gasteiger partial charge < -0.3 is 0 Å². The first-order valence-electron chi connectivity index (χ1n) is 11.9. The Morgan fingerprint density at radius 2 is 1.21 bits per heavy atom. The predicted molar refractivity (Wildman–Crippen MR) is 132 cm³/mol. The first-order chi connectivity index (χ1) is 16.2. The molecule has 4 aliphatic rings. The second-order valence-corrected chi connectivity index (χ2v) is 13.8. The lowest BCUT2D eigenvalue weighted by Gasteiger charge is -2.56. The van der Waals surface area contributed by atoms with Gasteiger partial charge in [-0.2, -0.15) is 0 Å². The third-order valence-corrected chi connectivity index (χ3v) is 10.8. The van der Waals surface area contributed by atoms with E-state index in [9.17, 15) is 16.8 Å². The summed E-state index contributed by atoms with van der Waals surface area (Å²) in [6.45, 7) is 0. The fourth-order valence-corrected chi connectivity index (χ4v) is 9.36. The van der Waals surface area contributed by atoms with Crippen LogP contribution in [-0.2, 0) is 20.0 Å². The Morgan fingerprint density at radius 3 is 1.82 bits per heavy atom. The lowest BCUT2D eigenvalue weighted by atomic mass is 9.53. The third kappa shape index (κ3) is 4.01. The average molecular weight is 497 g/mol. The van der Waals surface area contributed by atoms with Gasteiger partial charge in [0.15, 0.2) is 0 Å². The minimum atomic E-state index is -3.80. The Morgan fingerprint density at radius 1 is 0.647 bits per heavy atom. The van der Waals surface area contributed by atoms with Crippen LogP contribution in [0.15, 0.2) is 76.5 Å². The Labute approximate surface area is 200 Å². The van der Waals surface area contributed by atoms with Crippen molar-refractivity contribution in [2.75, 3.05) is 4.72 Å². The van der Waals surface area contributed by atoms with Crippen LogP contribution in [0.25, 0.3) is 10.8 Å². The molecule has 4 saturated carbocycles. The number of benzene rings is 3. The Kier molecular flexibility index (Phi) is 5.06. The van der Waals surface area contributed by atoms with E-state index in [1.165, 1.54) is 43.5 Å². The summed E-state index contributed by atoms with van der Waals surface area (Å²) in [5.41, 5.74) is 0.00567. The summed E-state index contributed by atoms with van der Waals surface area (Å²) in [6.07, 6.45) is 6.53. The van der Waals surface area contributed by atoms with Crippen molar-refractivity contribution in [2.24, 2.45) is 17.8 Å². The van der Waals surface area contributed by atoms with Crippen molar-refractivity contribution in [1.82, 2.24) is 4.72 Å². The monoisotopic (exact) mass is 496 g/mol. The number of hydrogen-bond donors (Lipinski definition) is 2. The van der Waals surface area contributed by atoms with Gasteiger partial charge in [0.2, 0.25) is 10.0 Å². The highest BCUT2D eigenvalue weighted by atomic mass is 32.2. The topological polar surface area (TPSA) is 92.3 Å². The van der Waals surface area contributed by atoms with Crippen molar-refractivity contribution >= 4 is 36.5 Å². The maximum atomic E-state index is 13.2. The van der Waals surface area contributed by atoms with Crippen molar-refractivity contribution < 1.29 is 16.8 Å².